The molecule has 1 rings (SSSR count). The largest absolute Gasteiger partial charge is 0.376 e. The minimum absolute atomic E-state index is 0.523. The van der Waals surface area contributed by atoms with Gasteiger partial charge in [0.25, 0.3) is 0 Å². The summed E-state index contributed by atoms with van der Waals surface area (Å²) >= 11 is 0. The highest BCUT2D eigenvalue weighted by molar-refractivity contribution is 4.72. The molecule has 0 amide bonds. The minimum atomic E-state index is 0.523. The zero-order valence-electron chi connectivity index (χ0n) is 3.11. The molecular weight excluding hydrogens is 64.0 g/mol. The summed E-state index contributed by atoms with van der Waals surface area (Å²) < 4.78 is 4.61. The van der Waals surface area contributed by atoms with Gasteiger partial charge in [0.1, 0.15) is 0 Å². The van der Waals surface area contributed by atoms with Crippen LogP contribution in [0.3, 0.4) is 0 Å². The van der Waals surface area contributed by atoms with E-state index in [1.165, 1.54) is 12.8 Å². The molecule has 1 radical (unpaired) electrons. The fourth-order valence-electron chi connectivity index (χ4n) is 0.235. The van der Waals surface area contributed by atoms with Crippen LogP contribution in [0.4, 0.5) is 0 Å². The molecule has 1 saturated carbocycles. The van der Waals surface area contributed by atoms with Crippen LogP contribution in [0.2, 0.25) is 0 Å². The molecule has 0 bridgehead atoms. The van der Waals surface area contributed by atoms with Crippen molar-refractivity contribution in [1.29, 1.82) is 0 Å². The van der Waals surface area contributed by atoms with Crippen molar-refractivity contribution in [3.63, 3.8) is 0 Å². The molecule has 5 heavy (non-hydrogen) atoms. The van der Waals surface area contributed by atoms with Gasteiger partial charge in [0, 0.05) is 0 Å². The van der Waals surface area contributed by atoms with Crippen LogP contribution in [0.5, 0.6) is 0 Å². The van der Waals surface area contributed by atoms with Crippen molar-refractivity contribution >= 4 is 0 Å². The summed E-state index contributed by atoms with van der Waals surface area (Å²) in [6.07, 6.45) is 2.97. The van der Waals surface area contributed by atoms with E-state index in [2.05, 4.69) is 11.8 Å². The Morgan fingerprint density at radius 3 is 2.20 bits per heavy atom. The van der Waals surface area contributed by atoms with Crippen LogP contribution >= 0.6 is 0 Å². The summed E-state index contributed by atoms with van der Waals surface area (Å²) in [6.45, 7) is 0. The molecule has 0 unspecified atom stereocenters. The fourth-order valence-corrected chi connectivity index (χ4v) is 0.235. The summed E-state index contributed by atoms with van der Waals surface area (Å²) in [5.74, 6) is 0. The van der Waals surface area contributed by atoms with Crippen molar-refractivity contribution < 1.29 is 4.74 Å². The van der Waals surface area contributed by atoms with E-state index in [1.807, 2.05) is 0 Å². The molecule has 1 aliphatic rings. The smallest absolute Gasteiger partial charge is 0.0704 e. The maximum atomic E-state index is 4.61. The van der Waals surface area contributed by atoms with Crippen molar-refractivity contribution in [2.24, 2.45) is 0 Å². The zero-order chi connectivity index (χ0) is 3.70. The van der Waals surface area contributed by atoms with Crippen molar-refractivity contribution in [1.82, 2.24) is 0 Å². The lowest BCUT2D eigenvalue weighted by atomic mass is 10.9. The van der Waals surface area contributed by atoms with Gasteiger partial charge in [-0.25, -0.2) is 0 Å². The minimum Gasteiger partial charge on any atom is -0.376 e. The molecule has 1 nitrogen and oxygen atoms in total. The average molecular weight is 71.1 g/mol. The Labute approximate surface area is 31.9 Å². The lowest BCUT2D eigenvalue weighted by molar-refractivity contribution is 0.226. The summed E-state index contributed by atoms with van der Waals surface area (Å²) in [6, 6.07) is 0. The van der Waals surface area contributed by atoms with Crippen molar-refractivity contribution in [2.75, 3.05) is 0 Å². The van der Waals surface area contributed by atoms with E-state index >= 15 is 0 Å². The van der Waals surface area contributed by atoms with Gasteiger partial charge in [-0.2, -0.15) is 0 Å². The van der Waals surface area contributed by atoms with Gasteiger partial charge >= 0.3 is 0 Å². The Bertz CT molecular complexity index is 30.6. The number of hydrogen-bond acceptors (Lipinski definition) is 1. The Morgan fingerprint density at radius 2 is 2.20 bits per heavy atom. The van der Waals surface area contributed by atoms with Gasteiger partial charge in [-0.3, -0.25) is 0 Å². The van der Waals surface area contributed by atoms with E-state index in [4.69, 9.17) is 0 Å². The van der Waals surface area contributed by atoms with Crippen LogP contribution in [-0.4, -0.2) is 6.10 Å². The molecule has 0 heterocycles. The molecule has 0 aromatic rings. The molecule has 0 N–H and O–H groups in total. The lowest BCUT2D eigenvalue weighted by Crippen LogP contribution is -1.76. The van der Waals surface area contributed by atoms with Crippen molar-refractivity contribution in [3.05, 3.63) is 7.11 Å². The Morgan fingerprint density at radius 1 is 1.60 bits per heavy atom. The summed E-state index contributed by atoms with van der Waals surface area (Å²) in [4.78, 5) is 0. The van der Waals surface area contributed by atoms with Gasteiger partial charge in [-0.1, -0.05) is 0 Å². The molecule has 0 aromatic heterocycles. The zero-order valence-corrected chi connectivity index (χ0v) is 3.11. The van der Waals surface area contributed by atoms with E-state index in [1.54, 1.807) is 0 Å². The molecule has 29 valence electrons. The van der Waals surface area contributed by atoms with Crippen LogP contribution < -0.4 is 0 Å². The SMILES string of the molecule is [CH2]OC1CC1. The number of ether oxygens (including phenoxy) is 1. The van der Waals surface area contributed by atoms with Crippen LogP contribution in [0.1, 0.15) is 12.8 Å². The Kier molecular flexibility index (Phi) is 0.618. The van der Waals surface area contributed by atoms with Gasteiger partial charge in [0.2, 0.25) is 0 Å². The van der Waals surface area contributed by atoms with Gasteiger partial charge < -0.3 is 4.74 Å². The molecule has 0 aliphatic heterocycles. The summed E-state index contributed by atoms with van der Waals surface area (Å²) in [7, 11) is 3.25. The number of rotatable bonds is 1. The molecular formula is C4H7O. The Balaban J connectivity index is 2.00. The van der Waals surface area contributed by atoms with Crippen LogP contribution in [0, 0.1) is 7.11 Å². The van der Waals surface area contributed by atoms with E-state index in [0.717, 1.165) is 0 Å². The van der Waals surface area contributed by atoms with E-state index in [-0.39, 0.29) is 0 Å². The van der Waals surface area contributed by atoms with Crippen LogP contribution in [-0.2, 0) is 4.74 Å². The third kappa shape index (κ3) is 0.618. The first kappa shape index (κ1) is 3.16. The van der Waals surface area contributed by atoms with Gasteiger partial charge in [-0.05, 0) is 12.8 Å². The van der Waals surface area contributed by atoms with E-state index in [9.17, 15) is 0 Å². The first-order chi connectivity index (χ1) is 2.43. The molecule has 0 spiro atoms. The normalized spacial score (nSPS) is 23.4. The first-order valence-electron chi connectivity index (χ1n) is 1.84. The van der Waals surface area contributed by atoms with Crippen molar-refractivity contribution in [2.45, 2.75) is 18.9 Å². The topological polar surface area (TPSA) is 9.23 Å². The van der Waals surface area contributed by atoms with Crippen LogP contribution in [0.25, 0.3) is 0 Å². The lowest BCUT2D eigenvalue weighted by Gasteiger charge is -1.79. The second kappa shape index (κ2) is 0.977. The van der Waals surface area contributed by atoms with E-state index < -0.39 is 0 Å². The maximum Gasteiger partial charge on any atom is 0.0704 e. The van der Waals surface area contributed by atoms with Gasteiger partial charge in [0.15, 0.2) is 0 Å². The molecule has 1 fully saturated rings. The molecule has 0 aromatic carbocycles. The third-order valence-corrected chi connectivity index (χ3v) is 0.760. The molecule has 1 aliphatic carbocycles. The van der Waals surface area contributed by atoms with Crippen LogP contribution in [0.15, 0.2) is 0 Å². The number of hydrogen-bond donors (Lipinski definition) is 0. The molecule has 0 saturated heterocycles. The highest BCUT2D eigenvalue weighted by atomic mass is 16.5. The standard InChI is InChI=1S/C4H7O/c1-5-4-2-3-4/h4H,1-3H2. The summed E-state index contributed by atoms with van der Waals surface area (Å²) in [5.41, 5.74) is 0. The monoisotopic (exact) mass is 71.0 g/mol. The Hall–Kier alpha value is -0.0400. The van der Waals surface area contributed by atoms with Gasteiger partial charge in [0.05, 0.1) is 13.2 Å². The average Bonchev–Trinajstić information content (AvgIpc) is 2.12. The quantitative estimate of drug-likeness (QED) is 0.447. The molecule has 0 atom stereocenters. The third-order valence-electron chi connectivity index (χ3n) is 0.760. The van der Waals surface area contributed by atoms with E-state index in [0.29, 0.717) is 6.10 Å². The second-order valence-electron chi connectivity index (χ2n) is 1.37. The maximum absolute atomic E-state index is 4.61. The highest BCUT2D eigenvalue weighted by Gasteiger charge is 2.19. The summed E-state index contributed by atoms with van der Waals surface area (Å²) in [5, 5.41) is 0. The van der Waals surface area contributed by atoms with Gasteiger partial charge in [-0.15, -0.1) is 0 Å². The first-order valence-corrected chi connectivity index (χ1v) is 1.84. The highest BCUT2D eigenvalue weighted by Crippen LogP contribution is 2.22. The van der Waals surface area contributed by atoms with Crippen molar-refractivity contribution in [3.8, 4) is 0 Å². The fraction of sp³-hybridized carbons (Fsp3) is 0.750. The predicted octanol–water partition coefficient (Wildman–Crippen LogP) is 0.957. The second-order valence-corrected chi connectivity index (χ2v) is 1.37. The molecule has 1 heteroatoms. The predicted molar refractivity (Wildman–Crippen MR) is 19.5 cm³/mol.